The molecule has 8 nitrogen and oxygen atoms in total. The lowest BCUT2D eigenvalue weighted by molar-refractivity contribution is -0.142. The Labute approximate surface area is 191 Å². The maximum absolute atomic E-state index is 13.7. The van der Waals surface area contributed by atoms with Crippen molar-refractivity contribution >= 4 is 29.3 Å². The van der Waals surface area contributed by atoms with Gasteiger partial charge in [0.1, 0.15) is 5.54 Å². The van der Waals surface area contributed by atoms with E-state index in [1.165, 1.54) is 4.90 Å². The predicted octanol–water partition coefficient (Wildman–Crippen LogP) is 1.14. The minimum absolute atomic E-state index is 0.137. The molecule has 3 aliphatic rings. The number of fused-ring (bicyclic) bond motifs is 4. The summed E-state index contributed by atoms with van der Waals surface area (Å²) in [6.07, 6.45) is 0.377. The van der Waals surface area contributed by atoms with Crippen molar-refractivity contribution in [2.24, 2.45) is 17.6 Å². The van der Waals surface area contributed by atoms with Gasteiger partial charge >= 0.3 is 0 Å². The summed E-state index contributed by atoms with van der Waals surface area (Å²) in [4.78, 5) is 53.7. The summed E-state index contributed by atoms with van der Waals surface area (Å²) >= 11 is 0. The molecule has 5 rings (SSSR count). The summed E-state index contributed by atoms with van der Waals surface area (Å²) in [5.74, 6) is -3.49. The van der Waals surface area contributed by atoms with Gasteiger partial charge in [0.05, 0.1) is 11.8 Å². The van der Waals surface area contributed by atoms with Crippen LogP contribution in [0.2, 0.25) is 0 Å². The molecule has 2 saturated heterocycles. The van der Waals surface area contributed by atoms with Gasteiger partial charge in [-0.25, -0.2) is 0 Å². The third-order valence-electron chi connectivity index (χ3n) is 7.40. The third-order valence-corrected chi connectivity index (χ3v) is 7.40. The number of nitrogens with two attached hydrogens (primary N) is 1. The number of hydrogen-bond donors (Lipinski definition) is 3. The Morgan fingerprint density at radius 1 is 1.06 bits per heavy atom. The number of aryl methyl sites for hydroxylation is 1. The van der Waals surface area contributed by atoms with Crippen LogP contribution in [0.1, 0.15) is 28.7 Å². The highest BCUT2D eigenvalue weighted by Gasteiger charge is 2.70. The van der Waals surface area contributed by atoms with Crippen LogP contribution in [0.15, 0.2) is 42.5 Å². The molecule has 2 aromatic rings. The molecular formula is C25H26N4O4. The number of amides is 4. The topological polar surface area (TPSA) is 122 Å². The van der Waals surface area contributed by atoms with Crippen LogP contribution < -0.4 is 16.4 Å². The Morgan fingerprint density at radius 2 is 1.79 bits per heavy atom. The third kappa shape index (κ3) is 3.01. The molecule has 1 spiro atoms. The fraction of sp³-hybridized carbons (Fsp3) is 0.360. The van der Waals surface area contributed by atoms with Crippen molar-refractivity contribution in [1.82, 2.24) is 10.2 Å². The van der Waals surface area contributed by atoms with Gasteiger partial charge < -0.3 is 11.1 Å². The molecule has 3 heterocycles. The van der Waals surface area contributed by atoms with E-state index in [2.05, 4.69) is 10.6 Å². The average Bonchev–Trinajstić information content (AvgIpc) is 3.35. The quantitative estimate of drug-likeness (QED) is 0.595. The van der Waals surface area contributed by atoms with E-state index >= 15 is 0 Å². The van der Waals surface area contributed by atoms with Crippen molar-refractivity contribution in [3.05, 3.63) is 64.7 Å². The molecular weight excluding hydrogens is 420 g/mol. The summed E-state index contributed by atoms with van der Waals surface area (Å²) in [6, 6.07) is 12.6. The summed E-state index contributed by atoms with van der Waals surface area (Å²) in [7, 11) is 0. The summed E-state index contributed by atoms with van der Waals surface area (Å²) in [5, 5.41) is 6.16. The van der Waals surface area contributed by atoms with E-state index in [1.54, 1.807) is 0 Å². The van der Waals surface area contributed by atoms with Gasteiger partial charge in [-0.1, -0.05) is 42.5 Å². The lowest BCUT2D eigenvalue weighted by Crippen LogP contribution is -2.53. The van der Waals surface area contributed by atoms with Crippen LogP contribution in [0.25, 0.3) is 0 Å². The van der Waals surface area contributed by atoms with Crippen molar-refractivity contribution < 1.29 is 19.2 Å². The molecule has 0 radical (unpaired) electrons. The van der Waals surface area contributed by atoms with Crippen LogP contribution in [0, 0.1) is 25.7 Å². The molecule has 0 unspecified atom stereocenters. The lowest BCUT2D eigenvalue weighted by Gasteiger charge is -2.29. The Morgan fingerprint density at radius 3 is 2.48 bits per heavy atom. The molecule has 2 aromatic carbocycles. The SMILES string of the molecule is Cc1ccc2c(c1C)NC(=O)[C@@]21N[C@@H](CC(N)=O)[C@H]2C(=O)N(CCc3ccccc3)C(=O)[C@@H]21. The van der Waals surface area contributed by atoms with Crippen molar-refractivity contribution in [3.8, 4) is 0 Å². The van der Waals surface area contributed by atoms with E-state index in [4.69, 9.17) is 5.73 Å². The van der Waals surface area contributed by atoms with Gasteiger partial charge in [-0.3, -0.25) is 29.4 Å². The number of imide groups is 1. The van der Waals surface area contributed by atoms with E-state index < -0.39 is 29.3 Å². The highest BCUT2D eigenvalue weighted by molar-refractivity contribution is 6.15. The smallest absolute Gasteiger partial charge is 0.250 e. The monoisotopic (exact) mass is 446 g/mol. The van der Waals surface area contributed by atoms with E-state index in [0.29, 0.717) is 17.7 Å². The fourth-order valence-corrected chi connectivity index (χ4v) is 5.68. The summed E-state index contributed by atoms with van der Waals surface area (Å²) < 4.78 is 0. The molecule has 0 bridgehead atoms. The molecule has 4 atom stereocenters. The zero-order valence-corrected chi connectivity index (χ0v) is 18.6. The van der Waals surface area contributed by atoms with Gasteiger partial charge in [0.15, 0.2) is 0 Å². The van der Waals surface area contributed by atoms with Gasteiger partial charge in [0, 0.05) is 30.3 Å². The van der Waals surface area contributed by atoms with Crippen molar-refractivity contribution in [3.63, 3.8) is 0 Å². The van der Waals surface area contributed by atoms with Gasteiger partial charge in [-0.2, -0.15) is 0 Å². The van der Waals surface area contributed by atoms with E-state index in [0.717, 1.165) is 16.7 Å². The molecule has 8 heteroatoms. The van der Waals surface area contributed by atoms with Gasteiger partial charge in [0.25, 0.3) is 0 Å². The number of benzene rings is 2. The Balaban J connectivity index is 1.56. The zero-order valence-electron chi connectivity index (χ0n) is 18.6. The first-order valence-corrected chi connectivity index (χ1v) is 11.1. The maximum atomic E-state index is 13.7. The second kappa shape index (κ2) is 7.52. The van der Waals surface area contributed by atoms with Gasteiger partial charge in [0.2, 0.25) is 23.6 Å². The number of likely N-dealkylation sites (tertiary alicyclic amines) is 1. The number of carbonyl (C=O) groups excluding carboxylic acids is 4. The largest absolute Gasteiger partial charge is 0.370 e. The van der Waals surface area contributed by atoms with Gasteiger partial charge in [-0.15, -0.1) is 0 Å². The molecule has 0 aliphatic carbocycles. The number of anilines is 1. The molecule has 0 aromatic heterocycles. The van der Waals surface area contributed by atoms with Crippen LogP contribution in [-0.4, -0.2) is 41.1 Å². The molecule has 170 valence electrons. The van der Waals surface area contributed by atoms with Gasteiger partial charge in [-0.05, 0) is 37.0 Å². The van der Waals surface area contributed by atoms with Crippen LogP contribution in [0.3, 0.4) is 0 Å². The number of hydrogen-bond acceptors (Lipinski definition) is 5. The van der Waals surface area contributed by atoms with E-state index in [1.807, 2.05) is 56.3 Å². The second-order valence-electron chi connectivity index (χ2n) is 9.18. The Bertz CT molecular complexity index is 1190. The molecule has 3 aliphatic heterocycles. The summed E-state index contributed by atoms with van der Waals surface area (Å²) in [5.41, 5.74) is 8.29. The minimum atomic E-state index is -1.41. The first-order valence-electron chi connectivity index (χ1n) is 11.1. The van der Waals surface area contributed by atoms with Crippen molar-refractivity contribution in [2.75, 3.05) is 11.9 Å². The summed E-state index contributed by atoms with van der Waals surface area (Å²) in [6.45, 7) is 4.08. The predicted molar refractivity (Wildman–Crippen MR) is 121 cm³/mol. The minimum Gasteiger partial charge on any atom is -0.370 e. The van der Waals surface area contributed by atoms with Crippen LogP contribution >= 0.6 is 0 Å². The molecule has 33 heavy (non-hydrogen) atoms. The number of primary amides is 1. The molecule has 4 N–H and O–H groups in total. The molecule has 2 fully saturated rings. The standard InChI is InChI=1S/C25H26N4O4/c1-13-8-9-16-21(14(13)2)27-24(33)25(16)20-19(17(28-25)12-18(26)30)22(31)29(23(20)32)11-10-15-6-4-3-5-7-15/h3-9,17,19-20,28H,10-12H2,1-2H3,(H2,26,30)(H,27,33)/t17-,19+,20+,25+/m0/s1. The van der Waals surface area contributed by atoms with Crippen molar-refractivity contribution in [1.29, 1.82) is 0 Å². The van der Waals surface area contributed by atoms with E-state index in [-0.39, 0.29) is 30.7 Å². The van der Waals surface area contributed by atoms with Crippen LogP contribution in [-0.2, 0) is 31.1 Å². The Kier molecular flexibility index (Phi) is 4.86. The first kappa shape index (κ1) is 21.3. The second-order valence-corrected chi connectivity index (χ2v) is 9.18. The maximum Gasteiger partial charge on any atom is 0.250 e. The average molecular weight is 447 g/mol. The fourth-order valence-electron chi connectivity index (χ4n) is 5.68. The Hall–Kier alpha value is -3.52. The number of rotatable bonds is 5. The van der Waals surface area contributed by atoms with Crippen LogP contribution in [0.5, 0.6) is 0 Å². The first-order chi connectivity index (χ1) is 15.8. The van der Waals surface area contributed by atoms with Crippen molar-refractivity contribution in [2.45, 2.75) is 38.3 Å². The highest BCUT2D eigenvalue weighted by Crippen LogP contribution is 2.54. The number of nitrogens with zero attached hydrogens (tertiary/aromatic N) is 1. The van der Waals surface area contributed by atoms with E-state index in [9.17, 15) is 19.2 Å². The highest BCUT2D eigenvalue weighted by atomic mass is 16.2. The molecule has 0 saturated carbocycles. The van der Waals surface area contributed by atoms with Crippen LogP contribution in [0.4, 0.5) is 5.69 Å². The zero-order chi connectivity index (χ0) is 23.5. The number of carbonyl (C=O) groups is 4. The normalized spacial score (nSPS) is 27.8. The lowest BCUT2D eigenvalue weighted by atomic mass is 9.76. The molecule has 4 amide bonds. The number of nitrogens with one attached hydrogen (secondary N) is 2.